The standard InChI is InChI=1S/C32H32FN5O2S/c1-19-14-22-16-28(36-27(22)17-24(19)21-10-12-37(41-3)13-11-21)31(39)25-18-35-38(32(25)34)29-9-8-23(15-20(29)2)40-30-7-5-4-6-26(30)33/h4-9,14-18,21,36H,10-13,34H2,1-3H3. The number of H-pyrrole nitrogens is 1. The van der Waals surface area contributed by atoms with Gasteiger partial charge in [0.15, 0.2) is 11.6 Å². The van der Waals surface area contributed by atoms with E-state index in [-0.39, 0.29) is 17.4 Å². The number of hydrogen-bond donors (Lipinski definition) is 2. The van der Waals surface area contributed by atoms with Gasteiger partial charge in [0.2, 0.25) is 5.78 Å². The maximum Gasteiger partial charge on any atom is 0.214 e. The molecular weight excluding hydrogens is 537 g/mol. The van der Waals surface area contributed by atoms with E-state index < -0.39 is 5.82 Å². The molecule has 0 radical (unpaired) electrons. The van der Waals surface area contributed by atoms with E-state index in [9.17, 15) is 9.18 Å². The van der Waals surface area contributed by atoms with Crippen LogP contribution in [-0.2, 0) is 0 Å². The number of nitrogens with zero attached hydrogens (tertiary/aromatic N) is 3. The molecule has 2 aromatic heterocycles. The summed E-state index contributed by atoms with van der Waals surface area (Å²) in [5.74, 6) is 0.750. The topological polar surface area (TPSA) is 89.2 Å². The number of benzene rings is 3. The van der Waals surface area contributed by atoms with Crippen LogP contribution in [0.15, 0.2) is 66.9 Å². The van der Waals surface area contributed by atoms with E-state index in [1.807, 2.05) is 24.9 Å². The largest absolute Gasteiger partial charge is 0.454 e. The third-order valence-electron chi connectivity index (χ3n) is 7.92. The number of para-hydroxylation sites is 1. The van der Waals surface area contributed by atoms with Crippen LogP contribution in [0.4, 0.5) is 10.2 Å². The van der Waals surface area contributed by atoms with Gasteiger partial charge in [-0.15, -0.1) is 0 Å². The number of aromatic amines is 1. The highest BCUT2D eigenvalue weighted by Gasteiger charge is 2.24. The number of ketones is 1. The quantitative estimate of drug-likeness (QED) is 0.160. The van der Waals surface area contributed by atoms with Gasteiger partial charge in [-0.2, -0.15) is 5.10 Å². The first-order valence-electron chi connectivity index (χ1n) is 13.7. The Morgan fingerprint density at radius 1 is 1.07 bits per heavy atom. The van der Waals surface area contributed by atoms with E-state index in [1.165, 1.54) is 23.4 Å². The van der Waals surface area contributed by atoms with E-state index >= 15 is 0 Å². The Hall–Kier alpha value is -4.08. The molecule has 0 spiro atoms. The highest BCUT2D eigenvalue weighted by atomic mass is 32.2. The number of carbonyl (C=O) groups is 1. The number of nitrogen functional groups attached to an aromatic ring is 1. The maximum atomic E-state index is 14.0. The van der Waals surface area contributed by atoms with Crippen molar-refractivity contribution in [2.75, 3.05) is 25.1 Å². The predicted octanol–water partition coefficient (Wildman–Crippen LogP) is 7.17. The van der Waals surface area contributed by atoms with Crippen molar-refractivity contribution in [3.63, 3.8) is 0 Å². The molecule has 6 rings (SSSR count). The van der Waals surface area contributed by atoms with E-state index in [0.717, 1.165) is 42.4 Å². The third-order valence-corrected chi connectivity index (χ3v) is 8.80. The van der Waals surface area contributed by atoms with Crippen molar-refractivity contribution in [1.29, 1.82) is 0 Å². The molecule has 0 saturated carbocycles. The van der Waals surface area contributed by atoms with Gasteiger partial charge in [0, 0.05) is 24.0 Å². The third kappa shape index (κ3) is 5.23. The Labute approximate surface area is 242 Å². The van der Waals surface area contributed by atoms with Gasteiger partial charge >= 0.3 is 0 Å². The van der Waals surface area contributed by atoms with E-state index in [0.29, 0.717) is 28.6 Å². The summed E-state index contributed by atoms with van der Waals surface area (Å²) in [6.45, 7) is 6.21. The van der Waals surface area contributed by atoms with Crippen molar-refractivity contribution in [1.82, 2.24) is 19.1 Å². The van der Waals surface area contributed by atoms with Crippen LogP contribution in [0.1, 0.15) is 51.5 Å². The van der Waals surface area contributed by atoms with Crippen molar-refractivity contribution in [3.05, 3.63) is 101 Å². The number of nitrogens with one attached hydrogen (secondary N) is 1. The minimum absolute atomic E-state index is 0.146. The molecule has 0 bridgehead atoms. The first-order valence-corrected chi connectivity index (χ1v) is 14.8. The smallest absolute Gasteiger partial charge is 0.214 e. The summed E-state index contributed by atoms with van der Waals surface area (Å²) >= 11 is 1.81. The van der Waals surface area contributed by atoms with Crippen LogP contribution in [0.25, 0.3) is 16.6 Å². The van der Waals surface area contributed by atoms with Gasteiger partial charge in [-0.1, -0.05) is 24.1 Å². The molecule has 5 aromatic rings. The molecule has 3 N–H and O–H groups in total. The van der Waals surface area contributed by atoms with Crippen molar-refractivity contribution in [2.24, 2.45) is 0 Å². The minimum Gasteiger partial charge on any atom is -0.454 e. The zero-order valence-corrected chi connectivity index (χ0v) is 24.1. The monoisotopic (exact) mass is 569 g/mol. The van der Waals surface area contributed by atoms with Crippen LogP contribution in [0, 0.1) is 19.7 Å². The van der Waals surface area contributed by atoms with Gasteiger partial charge in [0.05, 0.1) is 23.1 Å². The first-order chi connectivity index (χ1) is 19.8. The SMILES string of the molecule is CSN1CCC(c2cc3[nH]c(C(=O)c4cnn(-c5ccc(Oc6ccccc6F)cc5C)c4N)cc3cc2C)CC1. The molecule has 3 aromatic carbocycles. The molecule has 41 heavy (non-hydrogen) atoms. The molecule has 1 saturated heterocycles. The number of piperidine rings is 1. The molecule has 9 heteroatoms. The zero-order valence-electron chi connectivity index (χ0n) is 23.3. The summed E-state index contributed by atoms with van der Waals surface area (Å²) < 4.78 is 23.7. The molecule has 1 aliphatic heterocycles. The van der Waals surface area contributed by atoms with Gasteiger partial charge < -0.3 is 15.5 Å². The van der Waals surface area contributed by atoms with Crippen molar-refractivity contribution in [2.45, 2.75) is 32.6 Å². The Morgan fingerprint density at radius 3 is 2.59 bits per heavy atom. The van der Waals surface area contributed by atoms with Gasteiger partial charge in [-0.25, -0.2) is 9.07 Å². The zero-order chi connectivity index (χ0) is 28.7. The summed E-state index contributed by atoms with van der Waals surface area (Å²) in [5.41, 5.74) is 12.3. The van der Waals surface area contributed by atoms with E-state index in [4.69, 9.17) is 10.5 Å². The predicted molar refractivity (Wildman–Crippen MR) is 163 cm³/mol. The van der Waals surface area contributed by atoms with E-state index in [2.05, 4.69) is 39.7 Å². The number of carbonyl (C=O) groups excluding carboxylic acids is 1. The Kier molecular flexibility index (Phi) is 7.32. The van der Waals surface area contributed by atoms with Gasteiger partial charge in [-0.05, 0) is 104 Å². The summed E-state index contributed by atoms with van der Waals surface area (Å²) in [6, 6.07) is 17.8. The van der Waals surface area contributed by atoms with Gasteiger partial charge in [0.1, 0.15) is 11.6 Å². The van der Waals surface area contributed by atoms with Crippen LogP contribution in [0.2, 0.25) is 0 Å². The van der Waals surface area contributed by atoms with Crippen LogP contribution in [-0.4, -0.2) is 44.2 Å². The fraction of sp³-hybridized carbons (Fsp3) is 0.250. The average Bonchev–Trinajstić information content (AvgIpc) is 3.56. The molecule has 1 aliphatic rings. The summed E-state index contributed by atoms with van der Waals surface area (Å²) in [7, 11) is 0. The molecule has 7 nitrogen and oxygen atoms in total. The molecule has 3 heterocycles. The van der Waals surface area contributed by atoms with Crippen molar-refractivity contribution in [3.8, 4) is 17.2 Å². The maximum absolute atomic E-state index is 14.0. The van der Waals surface area contributed by atoms with Crippen molar-refractivity contribution < 1.29 is 13.9 Å². The number of anilines is 1. The number of hydrogen-bond acceptors (Lipinski definition) is 6. The molecule has 0 amide bonds. The first kappa shape index (κ1) is 27.1. The number of ether oxygens (including phenoxy) is 1. The molecule has 210 valence electrons. The van der Waals surface area contributed by atoms with Gasteiger partial charge in [0.25, 0.3) is 0 Å². The number of halogens is 1. The lowest BCUT2D eigenvalue weighted by Gasteiger charge is -2.31. The molecule has 0 atom stereocenters. The number of aryl methyl sites for hydroxylation is 2. The second-order valence-corrected chi connectivity index (χ2v) is 11.4. The lowest BCUT2D eigenvalue weighted by atomic mass is 9.87. The summed E-state index contributed by atoms with van der Waals surface area (Å²) in [6.07, 6.45) is 5.90. The van der Waals surface area contributed by atoms with E-state index in [1.54, 1.807) is 41.1 Å². The fourth-order valence-corrected chi connectivity index (χ4v) is 6.25. The Morgan fingerprint density at radius 2 is 1.85 bits per heavy atom. The lowest BCUT2D eigenvalue weighted by Crippen LogP contribution is -2.27. The summed E-state index contributed by atoms with van der Waals surface area (Å²) in [4.78, 5) is 16.9. The van der Waals surface area contributed by atoms with Crippen molar-refractivity contribution >= 4 is 34.5 Å². The number of aromatic nitrogens is 3. The average molecular weight is 570 g/mol. The van der Waals surface area contributed by atoms with Crippen LogP contribution in [0.3, 0.4) is 0 Å². The number of fused-ring (bicyclic) bond motifs is 1. The lowest BCUT2D eigenvalue weighted by molar-refractivity contribution is 0.103. The Balaban J connectivity index is 1.24. The second-order valence-electron chi connectivity index (χ2n) is 10.5. The minimum atomic E-state index is -0.437. The Bertz CT molecular complexity index is 1750. The molecule has 1 fully saturated rings. The highest BCUT2D eigenvalue weighted by molar-refractivity contribution is 7.96. The molecule has 0 aliphatic carbocycles. The number of nitrogens with two attached hydrogens (primary N) is 1. The van der Waals surface area contributed by atoms with Crippen LogP contribution in [0.5, 0.6) is 11.5 Å². The van der Waals surface area contributed by atoms with Crippen LogP contribution >= 0.6 is 11.9 Å². The number of rotatable bonds is 7. The highest BCUT2D eigenvalue weighted by Crippen LogP contribution is 2.35. The van der Waals surface area contributed by atoms with Gasteiger partial charge in [-0.3, -0.25) is 9.10 Å². The normalized spacial score (nSPS) is 14.5. The molecule has 0 unspecified atom stereocenters. The second kappa shape index (κ2) is 11.1. The summed E-state index contributed by atoms with van der Waals surface area (Å²) in [5, 5.41) is 5.43. The molecular formula is C32H32FN5O2S. The fourth-order valence-electron chi connectivity index (χ4n) is 5.68. The van der Waals surface area contributed by atoms with Crippen LogP contribution < -0.4 is 10.5 Å².